The van der Waals surface area contributed by atoms with Crippen molar-refractivity contribution in [2.24, 2.45) is 5.73 Å². The van der Waals surface area contributed by atoms with Gasteiger partial charge in [-0.15, -0.1) is 0 Å². The lowest BCUT2D eigenvalue weighted by atomic mass is 10.1. The molecule has 0 aliphatic carbocycles. The van der Waals surface area contributed by atoms with Crippen molar-refractivity contribution in [3.8, 4) is 0 Å². The van der Waals surface area contributed by atoms with Crippen LogP contribution in [0.1, 0.15) is 43.9 Å². The van der Waals surface area contributed by atoms with Crippen molar-refractivity contribution in [1.82, 2.24) is 4.90 Å². The Balaban J connectivity index is 2.10. The summed E-state index contributed by atoms with van der Waals surface area (Å²) < 4.78 is 7.45. The molecule has 0 aromatic carbocycles. The monoisotopic (exact) mass is 378 g/mol. The van der Waals surface area contributed by atoms with Gasteiger partial charge in [-0.25, -0.2) is 0 Å². The van der Waals surface area contributed by atoms with Gasteiger partial charge in [0.25, 0.3) is 0 Å². The molecule has 102 valence electrons. The van der Waals surface area contributed by atoms with E-state index in [1.807, 2.05) is 6.07 Å². The number of hydrogen-bond acceptors (Lipinski definition) is 3. The molecular formula is C13H20Br2N2O. The van der Waals surface area contributed by atoms with Gasteiger partial charge in [-0.1, -0.05) is 19.3 Å². The smallest absolute Gasteiger partial charge is 0.183 e. The average molecular weight is 380 g/mol. The fraction of sp³-hybridized carbons (Fsp3) is 0.692. The highest BCUT2D eigenvalue weighted by Crippen LogP contribution is 2.32. The van der Waals surface area contributed by atoms with Gasteiger partial charge >= 0.3 is 0 Å². The molecule has 1 aromatic heterocycles. The van der Waals surface area contributed by atoms with Crippen molar-refractivity contribution in [3.63, 3.8) is 0 Å². The summed E-state index contributed by atoms with van der Waals surface area (Å²) in [6.07, 6.45) is 6.57. The minimum Gasteiger partial charge on any atom is -0.451 e. The molecule has 0 spiro atoms. The second-order valence-electron chi connectivity index (χ2n) is 4.83. The predicted octanol–water partition coefficient (Wildman–Crippen LogP) is 4.07. The maximum absolute atomic E-state index is 5.95. The normalized spacial score (nSPS) is 20.4. The van der Waals surface area contributed by atoms with Crippen LogP contribution in [0.15, 0.2) is 19.6 Å². The molecule has 1 aromatic rings. The molecule has 2 N–H and O–H groups in total. The van der Waals surface area contributed by atoms with Gasteiger partial charge in [0.2, 0.25) is 0 Å². The van der Waals surface area contributed by atoms with Gasteiger partial charge in [0, 0.05) is 6.54 Å². The second-order valence-corrected chi connectivity index (χ2v) is 6.40. The van der Waals surface area contributed by atoms with E-state index < -0.39 is 0 Å². The first-order valence-electron chi connectivity index (χ1n) is 6.61. The molecule has 1 saturated heterocycles. The topological polar surface area (TPSA) is 42.4 Å². The molecule has 0 bridgehead atoms. The Morgan fingerprint density at radius 3 is 2.28 bits per heavy atom. The van der Waals surface area contributed by atoms with Gasteiger partial charge in [-0.2, -0.15) is 0 Å². The SMILES string of the molecule is NCC(c1cc(Br)c(Br)o1)N1CCCCCCC1. The van der Waals surface area contributed by atoms with Crippen LogP contribution in [0.3, 0.4) is 0 Å². The van der Waals surface area contributed by atoms with Crippen molar-refractivity contribution >= 4 is 31.9 Å². The maximum Gasteiger partial charge on any atom is 0.183 e. The number of nitrogens with two attached hydrogens (primary N) is 1. The van der Waals surface area contributed by atoms with Crippen LogP contribution in [0.25, 0.3) is 0 Å². The summed E-state index contributed by atoms with van der Waals surface area (Å²) in [4.78, 5) is 2.47. The Morgan fingerprint density at radius 2 is 1.78 bits per heavy atom. The van der Waals surface area contributed by atoms with Gasteiger partial charge in [0.15, 0.2) is 4.67 Å². The molecule has 5 heteroatoms. The predicted molar refractivity (Wildman–Crippen MR) is 80.6 cm³/mol. The molecule has 2 rings (SSSR count). The Labute approximate surface area is 125 Å². The van der Waals surface area contributed by atoms with E-state index in [-0.39, 0.29) is 6.04 Å². The lowest BCUT2D eigenvalue weighted by Gasteiger charge is -2.30. The fourth-order valence-corrected chi connectivity index (χ4v) is 3.16. The summed E-state index contributed by atoms with van der Waals surface area (Å²) in [6, 6.07) is 2.23. The summed E-state index contributed by atoms with van der Waals surface area (Å²) in [5.74, 6) is 0.955. The molecule has 3 nitrogen and oxygen atoms in total. The summed E-state index contributed by atoms with van der Waals surface area (Å²) in [7, 11) is 0. The fourth-order valence-electron chi connectivity index (χ4n) is 2.56. The Bertz CT molecular complexity index is 354. The Kier molecular flexibility index (Phi) is 5.73. The van der Waals surface area contributed by atoms with Crippen LogP contribution in [0.4, 0.5) is 0 Å². The van der Waals surface area contributed by atoms with Crippen LogP contribution >= 0.6 is 31.9 Å². The number of halogens is 2. The van der Waals surface area contributed by atoms with E-state index in [1.54, 1.807) is 0 Å². The zero-order valence-electron chi connectivity index (χ0n) is 10.5. The molecule has 1 atom stereocenters. The molecule has 0 radical (unpaired) electrons. The standard InChI is InChI=1S/C13H20Br2N2O/c14-10-8-12(18-13(10)15)11(9-16)17-6-4-2-1-3-5-7-17/h8,11H,1-7,9,16H2. The van der Waals surface area contributed by atoms with Crippen molar-refractivity contribution in [2.75, 3.05) is 19.6 Å². The van der Waals surface area contributed by atoms with Gasteiger partial charge in [-0.3, -0.25) is 4.90 Å². The van der Waals surface area contributed by atoms with E-state index in [0.29, 0.717) is 6.54 Å². The first-order chi connectivity index (χ1) is 8.72. The van der Waals surface area contributed by atoms with E-state index >= 15 is 0 Å². The molecule has 0 amide bonds. The van der Waals surface area contributed by atoms with E-state index in [9.17, 15) is 0 Å². The van der Waals surface area contributed by atoms with Crippen molar-refractivity contribution in [3.05, 3.63) is 21.0 Å². The van der Waals surface area contributed by atoms with Crippen molar-refractivity contribution < 1.29 is 4.42 Å². The number of rotatable bonds is 3. The number of hydrogen-bond donors (Lipinski definition) is 1. The van der Waals surface area contributed by atoms with Gasteiger partial charge < -0.3 is 10.2 Å². The van der Waals surface area contributed by atoms with Crippen LogP contribution in [0.5, 0.6) is 0 Å². The van der Waals surface area contributed by atoms with Gasteiger partial charge in [0.05, 0.1) is 10.5 Å². The first kappa shape index (κ1) is 14.6. The molecule has 1 aliphatic rings. The first-order valence-corrected chi connectivity index (χ1v) is 8.20. The molecule has 1 aliphatic heterocycles. The highest BCUT2D eigenvalue weighted by Gasteiger charge is 2.23. The lowest BCUT2D eigenvalue weighted by Crippen LogP contribution is -2.35. The highest BCUT2D eigenvalue weighted by atomic mass is 79.9. The largest absolute Gasteiger partial charge is 0.451 e. The van der Waals surface area contributed by atoms with Crippen LogP contribution in [-0.2, 0) is 0 Å². The summed E-state index contributed by atoms with van der Waals surface area (Å²) >= 11 is 6.86. The van der Waals surface area contributed by atoms with Crippen LogP contribution in [0.2, 0.25) is 0 Å². The van der Waals surface area contributed by atoms with Crippen molar-refractivity contribution in [1.29, 1.82) is 0 Å². The minimum absolute atomic E-state index is 0.200. The molecule has 18 heavy (non-hydrogen) atoms. The van der Waals surface area contributed by atoms with Gasteiger partial charge in [0.1, 0.15) is 5.76 Å². The zero-order valence-corrected chi connectivity index (χ0v) is 13.7. The van der Waals surface area contributed by atoms with E-state index in [4.69, 9.17) is 10.2 Å². The maximum atomic E-state index is 5.95. The highest BCUT2D eigenvalue weighted by molar-refractivity contribution is 9.13. The third-order valence-electron chi connectivity index (χ3n) is 3.55. The van der Waals surface area contributed by atoms with Crippen LogP contribution < -0.4 is 5.73 Å². The summed E-state index contributed by atoms with van der Waals surface area (Å²) in [5, 5.41) is 0. The second kappa shape index (κ2) is 7.08. The molecule has 2 heterocycles. The summed E-state index contributed by atoms with van der Waals surface area (Å²) in [6.45, 7) is 2.85. The third kappa shape index (κ3) is 3.59. The minimum atomic E-state index is 0.200. The van der Waals surface area contributed by atoms with E-state index in [0.717, 1.165) is 28.0 Å². The summed E-state index contributed by atoms with van der Waals surface area (Å²) in [5.41, 5.74) is 5.95. The average Bonchev–Trinajstić information content (AvgIpc) is 2.62. The van der Waals surface area contributed by atoms with E-state index in [2.05, 4.69) is 36.8 Å². The lowest BCUT2D eigenvalue weighted by molar-refractivity contribution is 0.163. The quantitative estimate of drug-likeness (QED) is 0.860. The Morgan fingerprint density at radius 1 is 1.17 bits per heavy atom. The van der Waals surface area contributed by atoms with Gasteiger partial charge in [-0.05, 0) is 63.9 Å². The number of nitrogens with zero attached hydrogens (tertiary/aromatic N) is 1. The van der Waals surface area contributed by atoms with Crippen LogP contribution in [0, 0.1) is 0 Å². The number of likely N-dealkylation sites (tertiary alicyclic amines) is 1. The molecule has 1 unspecified atom stereocenters. The zero-order chi connectivity index (χ0) is 13.0. The number of furan rings is 1. The molecule has 1 fully saturated rings. The molecule has 0 saturated carbocycles. The van der Waals surface area contributed by atoms with E-state index in [1.165, 1.54) is 32.1 Å². The van der Waals surface area contributed by atoms with Crippen molar-refractivity contribution in [2.45, 2.75) is 38.1 Å². The molecular weight excluding hydrogens is 360 g/mol. The Hall–Kier alpha value is 0.160. The van der Waals surface area contributed by atoms with Crippen LogP contribution in [-0.4, -0.2) is 24.5 Å². The third-order valence-corrected chi connectivity index (χ3v) is 5.26.